The highest BCUT2D eigenvalue weighted by Gasteiger charge is 2.33. The lowest BCUT2D eigenvalue weighted by atomic mass is 10.5. The van der Waals surface area contributed by atoms with E-state index in [2.05, 4.69) is 50.6 Å². The van der Waals surface area contributed by atoms with Crippen LogP contribution < -0.4 is 5.32 Å². The van der Waals surface area contributed by atoms with Crippen LogP contribution in [0.1, 0.15) is 13.8 Å². The van der Waals surface area contributed by atoms with Gasteiger partial charge >= 0.3 is 0 Å². The van der Waals surface area contributed by atoms with Gasteiger partial charge in [0.2, 0.25) is 0 Å². The van der Waals surface area contributed by atoms with Crippen molar-refractivity contribution < 1.29 is 0 Å². The average molecular weight is 209 g/mol. The molecule has 0 bridgehead atoms. The van der Waals surface area contributed by atoms with Gasteiger partial charge in [0.15, 0.2) is 0 Å². The van der Waals surface area contributed by atoms with E-state index in [1.807, 2.05) is 6.20 Å². The Kier molecular flexibility index (Phi) is 3.19. The van der Waals surface area contributed by atoms with Crippen molar-refractivity contribution in [2.24, 2.45) is 0 Å². The molecule has 1 nitrogen and oxygen atoms in total. The molecule has 0 spiro atoms. The molecule has 1 N–H and O–H groups in total. The number of rotatable bonds is 3. The van der Waals surface area contributed by atoms with Crippen LogP contribution in [-0.4, -0.2) is 22.6 Å². The first-order valence-corrected chi connectivity index (χ1v) is 9.24. The Hall–Kier alpha value is -0.286. The molecule has 0 fully saturated rings. The molecule has 0 saturated heterocycles. The fourth-order valence-electron chi connectivity index (χ4n) is 1.28. The van der Waals surface area contributed by atoms with Crippen LogP contribution in [0.2, 0.25) is 24.3 Å². The van der Waals surface area contributed by atoms with Crippen LogP contribution in [-0.2, 0) is 0 Å². The van der Waals surface area contributed by atoms with Gasteiger partial charge in [0.05, 0.1) is 0 Å². The molecule has 0 aliphatic rings. The van der Waals surface area contributed by atoms with E-state index < -0.39 is 8.80 Å². The Morgan fingerprint density at radius 3 is 2.23 bits per heavy atom. The van der Waals surface area contributed by atoms with E-state index in [4.69, 9.17) is 0 Å². The first-order chi connectivity index (χ1) is 5.96. The van der Waals surface area contributed by atoms with Gasteiger partial charge in [-0.15, -0.1) is 0 Å². The molecule has 0 aromatic carbocycles. The Morgan fingerprint density at radius 2 is 1.85 bits per heavy atom. The molecule has 2 radical (unpaired) electrons. The highest BCUT2D eigenvalue weighted by Crippen LogP contribution is 2.31. The van der Waals surface area contributed by atoms with Crippen molar-refractivity contribution >= 4 is 22.9 Å². The summed E-state index contributed by atoms with van der Waals surface area (Å²) in [5.41, 5.74) is 0. The molecule has 0 unspecified atom stereocenters. The number of aromatic nitrogens is 1. The number of nitrogens with one attached hydrogen (secondary N) is 1. The minimum Gasteiger partial charge on any atom is -0.369 e. The molecule has 72 valence electrons. The van der Waals surface area contributed by atoms with Gasteiger partial charge in [-0.05, 0) is 22.1 Å². The van der Waals surface area contributed by atoms with Gasteiger partial charge in [-0.1, -0.05) is 33.5 Å². The summed E-state index contributed by atoms with van der Waals surface area (Å²) in [6.07, 6.45) is 2.04. The molecule has 0 aliphatic heterocycles. The Morgan fingerprint density at radius 1 is 1.23 bits per heavy atom. The van der Waals surface area contributed by atoms with Gasteiger partial charge in [0.1, 0.15) is 8.80 Å². The molecule has 0 saturated carbocycles. The maximum atomic E-state index is 3.36. The smallest absolute Gasteiger partial charge is 0.107 e. The molecular formula is C10H19NSi2. The summed E-state index contributed by atoms with van der Waals surface area (Å²) in [7, 11) is -0.620. The minimum atomic E-state index is -0.410. The summed E-state index contributed by atoms with van der Waals surface area (Å²) in [5.74, 6) is 0. The monoisotopic (exact) mass is 209 g/mol. The SMILES string of the molecule is C[Si](C)C(C)(C)[Si](C)c1ccc[nH]1. The second kappa shape index (κ2) is 3.84. The van der Waals surface area contributed by atoms with Gasteiger partial charge < -0.3 is 4.98 Å². The maximum absolute atomic E-state index is 3.36. The van der Waals surface area contributed by atoms with Gasteiger partial charge in [0.25, 0.3) is 0 Å². The summed E-state index contributed by atoms with van der Waals surface area (Å²) in [6, 6.07) is 4.35. The third-order valence-corrected chi connectivity index (χ3v) is 11.3. The molecule has 0 atom stereocenters. The van der Waals surface area contributed by atoms with E-state index in [9.17, 15) is 0 Å². The van der Waals surface area contributed by atoms with E-state index in [1.54, 1.807) is 0 Å². The lowest BCUT2D eigenvalue weighted by molar-refractivity contribution is 0.910. The predicted molar refractivity (Wildman–Crippen MR) is 63.6 cm³/mol. The van der Waals surface area contributed by atoms with E-state index in [0.29, 0.717) is 4.66 Å². The van der Waals surface area contributed by atoms with E-state index in [-0.39, 0.29) is 8.80 Å². The van der Waals surface area contributed by atoms with Crippen LogP contribution in [0, 0.1) is 0 Å². The molecule has 1 heterocycles. The van der Waals surface area contributed by atoms with Crippen LogP contribution in [0.4, 0.5) is 0 Å². The van der Waals surface area contributed by atoms with Gasteiger partial charge in [-0.3, -0.25) is 0 Å². The summed E-state index contributed by atoms with van der Waals surface area (Å²) >= 11 is 0. The zero-order valence-electron chi connectivity index (χ0n) is 9.23. The van der Waals surface area contributed by atoms with Gasteiger partial charge in [-0.2, -0.15) is 0 Å². The standard InChI is InChI=1S/C10H19NSi2/c1-10(2,12(3)4)13(5)9-7-6-8-11-9/h6-8,11H,1-5H3. The fraction of sp³-hybridized carbons (Fsp3) is 0.600. The molecule has 0 aliphatic carbocycles. The largest absolute Gasteiger partial charge is 0.369 e. The molecule has 3 heteroatoms. The molecule has 1 aromatic heterocycles. The number of H-pyrrole nitrogens is 1. The topological polar surface area (TPSA) is 15.8 Å². The minimum absolute atomic E-state index is 0.210. The summed E-state index contributed by atoms with van der Waals surface area (Å²) in [5, 5.41) is 1.47. The summed E-state index contributed by atoms with van der Waals surface area (Å²) in [6.45, 7) is 12.1. The van der Waals surface area contributed by atoms with Gasteiger partial charge in [0, 0.05) is 15.0 Å². The zero-order valence-corrected chi connectivity index (χ0v) is 11.2. The molecular weight excluding hydrogens is 190 g/mol. The van der Waals surface area contributed by atoms with Crippen LogP contribution in [0.5, 0.6) is 0 Å². The summed E-state index contributed by atoms with van der Waals surface area (Å²) < 4.78 is 0.556. The van der Waals surface area contributed by atoms with Crippen molar-refractivity contribution in [1.82, 2.24) is 4.98 Å². The molecule has 1 rings (SSSR count). The summed E-state index contributed by atoms with van der Waals surface area (Å²) in [4.78, 5) is 3.36. The predicted octanol–water partition coefficient (Wildman–Crippen LogP) is 2.42. The lowest BCUT2D eigenvalue weighted by Gasteiger charge is -2.33. The Balaban J connectivity index is 2.84. The second-order valence-electron chi connectivity index (χ2n) is 4.33. The Bertz CT molecular complexity index is 252. The third-order valence-electron chi connectivity index (χ3n) is 3.19. The highest BCUT2D eigenvalue weighted by molar-refractivity contribution is 6.87. The van der Waals surface area contributed by atoms with E-state index >= 15 is 0 Å². The Labute approximate surface area is 84.8 Å². The first kappa shape index (κ1) is 10.8. The van der Waals surface area contributed by atoms with Crippen molar-refractivity contribution in [2.45, 2.75) is 38.2 Å². The van der Waals surface area contributed by atoms with Crippen molar-refractivity contribution in [2.75, 3.05) is 0 Å². The van der Waals surface area contributed by atoms with E-state index in [1.165, 1.54) is 5.32 Å². The van der Waals surface area contributed by atoms with Gasteiger partial charge in [-0.25, -0.2) is 0 Å². The number of hydrogen-bond donors (Lipinski definition) is 1. The average Bonchev–Trinajstić information content (AvgIpc) is 2.54. The van der Waals surface area contributed by atoms with Crippen LogP contribution in [0.15, 0.2) is 18.3 Å². The van der Waals surface area contributed by atoms with Crippen molar-refractivity contribution in [3.8, 4) is 0 Å². The quantitative estimate of drug-likeness (QED) is 0.736. The number of hydrogen-bond acceptors (Lipinski definition) is 0. The van der Waals surface area contributed by atoms with E-state index in [0.717, 1.165) is 0 Å². The normalized spacial score (nSPS) is 12.8. The van der Waals surface area contributed by atoms with Crippen molar-refractivity contribution in [3.63, 3.8) is 0 Å². The molecule has 13 heavy (non-hydrogen) atoms. The van der Waals surface area contributed by atoms with Crippen molar-refractivity contribution in [3.05, 3.63) is 18.3 Å². The van der Waals surface area contributed by atoms with Crippen LogP contribution >= 0.6 is 0 Å². The van der Waals surface area contributed by atoms with Crippen LogP contribution in [0.3, 0.4) is 0 Å². The number of aromatic amines is 1. The fourth-order valence-corrected chi connectivity index (χ4v) is 6.00. The third kappa shape index (κ3) is 2.14. The maximum Gasteiger partial charge on any atom is 0.107 e. The molecule has 0 amide bonds. The zero-order chi connectivity index (χ0) is 10.1. The van der Waals surface area contributed by atoms with Crippen molar-refractivity contribution in [1.29, 1.82) is 0 Å². The molecule has 1 aromatic rings. The lowest BCUT2D eigenvalue weighted by Crippen LogP contribution is -2.44. The highest BCUT2D eigenvalue weighted by atomic mass is 28.3. The first-order valence-electron chi connectivity index (χ1n) is 4.74. The second-order valence-corrected chi connectivity index (χ2v) is 11.1. The van der Waals surface area contributed by atoms with Crippen LogP contribution in [0.25, 0.3) is 0 Å².